The number of nitrogens with one attached hydrogen (secondary N) is 4. The Labute approximate surface area is 202 Å². The van der Waals surface area contributed by atoms with E-state index < -0.39 is 24.3 Å². The Morgan fingerprint density at radius 1 is 1.17 bits per heavy atom. The van der Waals surface area contributed by atoms with E-state index in [1.165, 1.54) is 36.8 Å². The van der Waals surface area contributed by atoms with Crippen molar-refractivity contribution in [1.82, 2.24) is 20.2 Å². The molecule has 0 fully saturated rings. The van der Waals surface area contributed by atoms with Crippen LogP contribution >= 0.6 is 0 Å². The Hall–Kier alpha value is -4.61. The molecule has 0 saturated heterocycles. The lowest BCUT2D eigenvalue weighted by atomic mass is 9.86. The number of rotatable bonds is 6. The third-order valence-corrected chi connectivity index (χ3v) is 5.79. The predicted molar refractivity (Wildman–Crippen MR) is 122 cm³/mol. The van der Waals surface area contributed by atoms with E-state index in [0.717, 1.165) is 11.6 Å². The zero-order valence-electron chi connectivity index (χ0n) is 18.5. The zero-order valence-corrected chi connectivity index (χ0v) is 18.5. The quantitative estimate of drug-likeness (QED) is 0.314. The van der Waals surface area contributed by atoms with E-state index in [0.29, 0.717) is 11.4 Å². The molecule has 0 saturated carbocycles. The molecule has 2 amide bonds. The first kappa shape index (κ1) is 23.1. The summed E-state index contributed by atoms with van der Waals surface area (Å²) < 4.78 is 46.0. The van der Waals surface area contributed by atoms with Crippen LogP contribution in [0.3, 0.4) is 0 Å². The normalized spacial score (nSPS) is 15.2. The Bertz CT molecular complexity index is 1410. The van der Waals surface area contributed by atoms with Crippen molar-refractivity contribution in [2.75, 3.05) is 10.6 Å². The second kappa shape index (κ2) is 9.21. The fourth-order valence-corrected chi connectivity index (χ4v) is 4.10. The van der Waals surface area contributed by atoms with Gasteiger partial charge in [-0.15, -0.1) is 0 Å². The van der Waals surface area contributed by atoms with Crippen LogP contribution in [0, 0.1) is 0 Å². The lowest BCUT2D eigenvalue weighted by molar-refractivity contribution is -0.138. The summed E-state index contributed by atoms with van der Waals surface area (Å²) in [6.07, 6.45) is 0.116. The first-order valence-corrected chi connectivity index (χ1v) is 10.8. The number of hydrogen-bond acceptors (Lipinski definition) is 5. The van der Waals surface area contributed by atoms with Gasteiger partial charge in [0.2, 0.25) is 5.91 Å². The molecule has 1 unspecified atom stereocenters. The van der Waals surface area contributed by atoms with E-state index in [1.54, 1.807) is 18.3 Å². The van der Waals surface area contributed by atoms with Crippen LogP contribution in [0.15, 0.2) is 61.2 Å². The number of aromatic nitrogens is 4. The molecule has 1 aliphatic rings. The second-order valence-electron chi connectivity index (χ2n) is 8.10. The lowest BCUT2D eigenvalue weighted by Gasteiger charge is -2.23. The van der Waals surface area contributed by atoms with E-state index in [-0.39, 0.29) is 40.9 Å². The molecule has 0 bridgehead atoms. The molecule has 0 aliphatic carbocycles. The SMILES string of the molecule is O=C1CC(c2ccc(OCc3ccccc3C(F)(F)F)c(C(=O)Nc3c[nH]cn3)c2)c2c[nH]nc2N1. The number of fused-ring (bicyclic) bond motifs is 1. The maximum Gasteiger partial charge on any atom is 0.416 e. The van der Waals surface area contributed by atoms with Gasteiger partial charge in [-0.25, -0.2) is 4.98 Å². The van der Waals surface area contributed by atoms with Gasteiger partial charge in [0.05, 0.1) is 17.5 Å². The van der Waals surface area contributed by atoms with Gasteiger partial charge in [-0.1, -0.05) is 24.3 Å². The Morgan fingerprint density at radius 3 is 2.78 bits per heavy atom. The van der Waals surface area contributed by atoms with Crippen LogP contribution < -0.4 is 15.4 Å². The van der Waals surface area contributed by atoms with Crippen LogP contribution in [-0.2, 0) is 17.6 Å². The highest BCUT2D eigenvalue weighted by Crippen LogP contribution is 2.38. The number of carbonyl (C=O) groups is 2. The summed E-state index contributed by atoms with van der Waals surface area (Å²) >= 11 is 0. The van der Waals surface area contributed by atoms with Crippen LogP contribution in [0.1, 0.15) is 45.0 Å². The van der Waals surface area contributed by atoms with Gasteiger partial charge >= 0.3 is 6.18 Å². The first-order chi connectivity index (χ1) is 17.3. The molecule has 9 nitrogen and oxygen atoms in total. The fourth-order valence-electron chi connectivity index (χ4n) is 4.10. The highest BCUT2D eigenvalue weighted by atomic mass is 19.4. The summed E-state index contributed by atoms with van der Waals surface area (Å²) in [5.74, 6) is -0.446. The van der Waals surface area contributed by atoms with Gasteiger partial charge < -0.3 is 20.4 Å². The van der Waals surface area contributed by atoms with E-state index in [2.05, 4.69) is 30.8 Å². The topological polar surface area (TPSA) is 125 Å². The number of ether oxygens (including phenoxy) is 1. The fraction of sp³-hybridized carbons (Fsp3) is 0.167. The predicted octanol–water partition coefficient (Wildman–Crippen LogP) is 4.46. The molecule has 3 heterocycles. The minimum absolute atomic E-state index is 0.0697. The average molecular weight is 496 g/mol. The summed E-state index contributed by atoms with van der Waals surface area (Å²) in [4.78, 5) is 32.0. The highest BCUT2D eigenvalue weighted by molar-refractivity contribution is 6.06. The molecule has 36 heavy (non-hydrogen) atoms. The van der Waals surface area contributed by atoms with Crippen molar-refractivity contribution in [2.45, 2.75) is 25.1 Å². The Morgan fingerprint density at radius 2 is 2.00 bits per heavy atom. The molecule has 4 N–H and O–H groups in total. The molecule has 4 aromatic rings. The van der Waals surface area contributed by atoms with Crippen molar-refractivity contribution in [2.24, 2.45) is 0 Å². The van der Waals surface area contributed by atoms with Crippen molar-refractivity contribution in [1.29, 1.82) is 0 Å². The molecule has 1 aliphatic heterocycles. The highest BCUT2D eigenvalue weighted by Gasteiger charge is 2.33. The van der Waals surface area contributed by atoms with Gasteiger partial charge in [0.25, 0.3) is 5.91 Å². The van der Waals surface area contributed by atoms with Crippen LogP contribution in [0.5, 0.6) is 5.75 Å². The van der Waals surface area contributed by atoms with Crippen molar-refractivity contribution in [3.05, 3.63) is 89.0 Å². The first-order valence-electron chi connectivity index (χ1n) is 10.8. The summed E-state index contributed by atoms with van der Waals surface area (Å²) in [6.45, 7) is -0.407. The summed E-state index contributed by atoms with van der Waals surface area (Å²) in [5.41, 5.74) is 0.587. The van der Waals surface area contributed by atoms with E-state index in [1.807, 2.05) is 0 Å². The molecule has 12 heteroatoms. The van der Waals surface area contributed by atoms with E-state index >= 15 is 0 Å². The smallest absolute Gasteiger partial charge is 0.416 e. The van der Waals surface area contributed by atoms with Crippen LogP contribution in [-0.4, -0.2) is 32.0 Å². The van der Waals surface area contributed by atoms with E-state index in [4.69, 9.17) is 4.74 Å². The molecular formula is C24H19F3N6O3. The number of hydrogen-bond donors (Lipinski definition) is 4. The zero-order chi connectivity index (χ0) is 25.3. The van der Waals surface area contributed by atoms with Crippen LogP contribution in [0.25, 0.3) is 0 Å². The number of alkyl halides is 3. The molecular weight excluding hydrogens is 477 g/mol. The van der Waals surface area contributed by atoms with Gasteiger partial charge in [-0.3, -0.25) is 14.7 Å². The summed E-state index contributed by atoms with van der Waals surface area (Å²) in [5, 5.41) is 12.1. The minimum Gasteiger partial charge on any atom is -0.488 e. The van der Waals surface area contributed by atoms with Gasteiger partial charge in [0.1, 0.15) is 12.4 Å². The maximum absolute atomic E-state index is 13.4. The van der Waals surface area contributed by atoms with Crippen molar-refractivity contribution >= 4 is 23.5 Å². The molecule has 5 rings (SSSR count). The molecule has 0 spiro atoms. The number of nitrogens with zero attached hydrogens (tertiary/aromatic N) is 2. The lowest BCUT2D eigenvalue weighted by Crippen LogP contribution is -2.23. The Kier molecular flexibility index (Phi) is 5.92. The Balaban J connectivity index is 1.49. The number of halogens is 3. The van der Waals surface area contributed by atoms with Crippen molar-refractivity contribution in [3.8, 4) is 5.75 Å². The molecule has 2 aromatic carbocycles. The van der Waals surface area contributed by atoms with Crippen LogP contribution in [0.4, 0.5) is 24.8 Å². The largest absolute Gasteiger partial charge is 0.488 e. The van der Waals surface area contributed by atoms with Crippen molar-refractivity contribution in [3.63, 3.8) is 0 Å². The van der Waals surface area contributed by atoms with Crippen molar-refractivity contribution < 1.29 is 27.5 Å². The number of benzene rings is 2. The molecule has 1 atom stereocenters. The average Bonchev–Trinajstić information content (AvgIpc) is 3.54. The number of carbonyl (C=O) groups excluding carboxylic acids is 2. The number of amides is 2. The molecule has 2 aromatic heterocycles. The monoisotopic (exact) mass is 496 g/mol. The maximum atomic E-state index is 13.4. The minimum atomic E-state index is -4.55. The third kappa shape index (κ3) is 4.65. The van der Waals surface area contributed by atoms with Gasteiger partial charge in [-0.2, -0.15) is 18.3 Å². The standard InChI is InChI=1S/C24H19F3N6O3/c25-24(26,27)18-4-2-1-3-14(18)11-36-19-6-5-13(7-16(19)23(35)31-20-10-28-12-29-20)15-8-21(34)32-22-17(15)9-30-33-22/h1-7,9-10,12,15H,8,11H2,(H,28,29)(H,31,35)(H2,30,32,33,34). The van der Waals surface area contributed by atoms with Gasteiger partial charge in [0.15, 0.2) is 11.6 Å². The number of imidazole rings is 1. The number of anilines is 2. The summed E-state index contributed by atoms with van der Waals surface area (Å²) in [6, 6.07) is 9.83. The number of H-pyrrole nitrogens is 2. The molecule has 0 radical (unpaired) electrons. The summed E-state index contributed by atoms with van der Waals surface area (Å²) in [7, 11) is 0. The third-order valence-electron chi connectivity index (χ3n) is 5.79. The van der Waals surface area contributed by atoms with Gasteiger partial charge in [-0.05, 0) is 23.8 Å². The molecule has 184 valence electrons. The van der Waals surface area contributed by atoms with E-state index in [9.17, 15) is 22.8 Å². The van der Waals surface area contributed by atoms with Crippen LogP contribution in [0.2, 0.25) is 0 Å². The second-order valence-corrected chi connectivity index (χ2v) is 8.10. The van der Waals surface area contributed by atoms with Gasteiger partial charge in [0, 0.05) is 35.9 Å². The number of aromatic amines is 2.